The van der Waals surface area contributed by atoms with Crippen LogP contribution in [0.5, 0.6) is 0 Å². The van der Waals surface area contributed by atoms with E-state index in [-0.39, 0.29) is 0 Å². The number of hydrogen-bond donors (Lipinski definition) is 2. The van der Waals surface area contributed by atoms with Crippen LogP contribution in [-0.4, -0.2) is 22.4 Å². The Kier molecular flexibility index (Phi) is 7.51. The molecule has 0 saturated heterocycles. The van der Waals surface area contributed by atoms with Gasteiger partial charge < -0.3 is 10.2 Å². The van der Waals surface area contributed by atoms with Gasteiger partial charge >= 0.3 is 0 Å². The first-order chi connectivity index (χ1) is 14.1. The molecule has 0 aliphatic heterocycles. The van der Waals surface area contributed by atoms with Crippen molar-refractivity contribution in [2.24, 2.45) is 35.0 Å². The molecule has 0 heterocycles. The summed E-state index contributed by atoms with van der Waals surface area (Å²) in [5.41, 5.74) is 3.77. The number of hydrogen-bond acceptors (Lipinski definition) is 2. The quantitative estimate of drug-likeness (QED) is 0.499. The summed E-state index contributed by atoms with van der Waals surface area (Å²) in [5, 5.41) is 20.2. The van der Waals surface area contributed by atoms with Crippen molar-refractivity contribution in [1.82, 2.24) is 0 Å². The number of aliphatic hydroxyl groups is 2. The van der Waals surface area contributed by atoms with Gasteiger partial charge in [-0.25, -0.2) is 0 Å². The summed E-state index contributed by atoms with van der Waals surface area (Å²) < 4.78 is 0. The van der Waals surface area contributed by atoms with Crippen LogP contribution in [0.3, 0.4) is 0 Å². The van der Waals surface area contributed by atoms with Crippen molar-refractivity contribution in [3.05, 3.63) is 47.6 Å². The molecule has 0 bridgehead atoms. The molecule has 3 rings (SSSR count). The van der Waals surface area contributed by atoms with E-state index in [1.54, 1.807) is 5.57 Å². The standard InChI is InChI=1S/C28H44O2/c1-18(2)19(3)9-10-20(4)25-13-14-26-22(8-7-15-28(25,26)6)11-12-23-16-24(29)17-27(30)21(23)5/h9-12,18-20,24-27,29-30H,5,7-8,13-17H2,1-4,6H3/b10-9+,22-11+,23-12-. The third-order valence-corrected chi connectivity index (χ3v) is 8.71. The second kappa shape index (κ2) is 9.57. The Morgan fingerprint density at radius 3 is 2.50 bits per heavy atom. The van der Waals surface area contributed by atoms with Crippen molar-refractivity contribution in [3.63, 3.8) is 0 Å². The zero-order chi connectivity index (χ0) is 22.1. The van der Waals surface area contributed by atoms with Gasteiger partial charge in [0.25, 0.3) is 0 Å². The molecule has 2 heteroatoms. The number of fused-ring (bicyclic) bond motifs is 1. The van der Waals surface area contributed by atoms with Gasteiger partial charge in [0.15, 0.2) is 0 Å². The van der Waals surface area contributed by atoms with Gasteiger partial charge in [-0.05, 0) is 84.7 Å². The Morgan fingerprint density at radius 2 is 1.80 bits per heavy atom. The lowest BCUT2D eigenvalue weighted by atomic mass is 9.61. The second-order valence-corrected chi connectivity index (χ2v) is 11.0. The Balaban J connectivity index is 1.76. The van der Waals surface area contributed by atoms with Crippen LogP contribution in [0, 0.1) is 35.0 Å². The second-order valence-electron chi connectivity index (χ2n) is 11.0. The third-order valence-electron chi connectivity index (χ3n) is 8.71. The molecule has 3 saturated carbocycles. The summed E-state index contributed by atoms with van der Waals surface area (Å²) in [6.07, 6.45) is 15.8. The van der Waals surface area contributed by atoms with Crippen LogP contribution in [0.4, 0.5) is 0 Å². The topological polar surface area (TPSA) is 40.5 Å². The molecule has 7 unspecified atom stereocenters. The minimum absolute atomic E-state index is 0.385. The molecule has 0 amide bonds. The molecule has 2 nitrogen and oxygen atoms in total. The van der Waals surface area contributed by atoms with Crippen molar-refractivity contribution < 1.29 is 10.2 Å². The fourth-order valence-corrected chi connectivity index (χ4v) is 6.32. The lowest BCUT2D eigenvalue weighted by Gasteiger charge is -2.44. The molecule has 0 aromatic rings. The van der Waals surface area contributed by atoms with Crippen LogP contribution in [-0.2, 0) is 0 Å². The van der Waals surface area contributed by atoms with Crippen LogP contribution in [0.1, 0.15) is 79.6 Å². The highest BCUT2D eigenvalue weighted by Gasteiger charge is 2.50. The van der Waals surface area contributed by atoms with Crippen LogP contribution in [0.25, 0.3) is 0 Å². The first kappa shape index (κ1) is 23.5. The SMILES string of the molecule is C=C1/C(=C\C=C2/CCCC3(C)C2CCC3C(C)/C=C/C(C)C(C)C)CC(O)CC1O. The zero-order valence-corrected chi connectivity index (χ0v) is 19.9. The largest absolute Gasteiger partial charge is 0.393 e. The zero-order valence-electron chi connectivity index (χ0n) is 19.9. The lowest BCUT2D eigenvalue weighted by molar-refractivity contribution is 0.0862. The summed E-state index contributed by atoms with van der Waals surface area (Å²) in [6.45, 7) is 16.0. The highest BCUT2D eigenvalue weighted by Crippen LogP contribution is 2.59. The molecule has 0 aromatic heterocycles. The monoisotopic (exact) mass is 412 g/mol. The molecular weight excluding hydrogens is 368 g/mol. The molecule has 0 aromatic carbocycles. The minimum atomic E-state index is -0.605. The molecule has 0 radical (unpaired) electrons. The van der Waals surface area contributed by atoms with E-state index in [0.717, 1.165) is 17.1 Å². The van der Waals surface area contributed by atoms with Crippen molar-refractivity contribution in [2.75, 3.05) is 0 Å². The summed E-state index contributed by atoms with van der Waals surface area (Å²) in [6, 6.07) is 0. The van der Waals surface area contributed by atoms with Gasteiger partial charge in [-0.15, -0.1) is 0 Å². The first-order valence-electron chi connectivity index (χ1n) is 12.3. The predicted octanol–water partition coefficient (Wildman–Crippen LogP) is 6.61. The highest BCUT2D eigenvalue weighted by atomic mass is 16.3. The van der Waals surface area contributed by atoms with Gasteiger partial charge in [0.1, 0.15) is 0 Å². The maximum atomic E-state index is 10.1. The summed E-state index contributed by atoms with van der Waals surface area (Å²) >= 11 is 0. The van der Waals surface area contributed by atoms with Gasteiger partial charge in [-0.2, -0.15) is 0 Å². The molecule has 3 aliphatic rings. The Morgan fingerprint density at radius 1 is 1.07 bits per heavy atom. The summed E-state index contributed by atoms with van der Waals surface area (Å²) in [5.74, 6) is 3.38. The maximum Gasteiger partial charge on any atom is 0.0811 e. The molecule has 168 valence electrons. The van der Waals surface area contributed by atoms with E-state index < -0.39 is 12.2 Å². The van der Waals surface area contributed by atoms with E-state index in [9.17, 15) is 10.2 Å². The Hall–Kier alpha value is -1.12. The predicted molar refractivity (Wildman–Crippen MR) is 127 cm³/mol. The van der Waals surface area contributed by atoms with E-state index >= 15 is 0 Å². The molecule has 30 heavy (non-hydrogen) atoms. The van der Waals surface area contributed by atoms with E-state index in [1.165, 1.54) is 32.1 Å². The number of allylic oxidation sites excluding steroid dienone is 5. The molecule has 7 atom stereocenters. The van der Waals surface area contributed by atoms with Gasteiger partial charge in [-0.3, -0.25) is 0 Å². The summed E-state index contributed by atoms with van der Waals surface area (Å²) in [7, 11) is 0. The Bertz CT molecular complexity index is 712. The van der Waals surface area contributed by atoms with E-state index in [1.807, 2.05) is 0 Å². The molecule has 3 fully saturated rings. The number of aliphatic hydroxyl groups excluding tert-OH is 2. The van der Waals surface area contributed by atoms with Crippen molar-refractivity contribution >= 4 is 0 Å². The van der Waals surface area contributed by atoms with Crippen molar-refractivity contribution in [1.29, 1.82) is 0 Å². The smallest absolute Gasteiger partial charge is 0.0811 e. The van der Waals surface area contributed by atoms with Gasteiger partial charge in [-0.1, -0.05) is 71.1 Å². The average molecular weight is 413 g/mol. The van der Waals surface area contributed by atoms with Gasteiger partial charge in [0.2, 0.25) is 0 Å². The fourth-order valence-electron chi connectivity index (χ4n) is 6.32. The summed E-state index contributed by atoms with van der Waals surface area (Å²) in [4.78, 5) is 0. The third kappa shape index (κ3) is 4.86. The van der Waals surface area contributed by atoms with Gasteiger partial charge in [0, 0.05) is 6.42 Å². The van der Waals surface area contributed by atoms with Crippen molar-refractivity contribution in [3.8, 4) is 0 Å². The molecule has 2 N–H and O–H groups in total. The number of rotatable bonds is 5. The fraction of sp³-hybridized carbons (Fsp3) is 0.714. The maximum absolute atomic E-state index is 10.1. The Labute approximate surface area is 184 Å². The lowest BCUT2D eigenvalue weighted by Crippen LogP contribution is -2.35. The van der Waals surface area contributed by atoms with Gasteiger partial charge in [0.05, 0.1) is 12.2 Å². The van der Waals surface area contributed by atoms with Crippen LogP contribution in [0.15, 0.2) is 47.6 Å². The van der Waals surface area contributed by atoms with Crippen molar-refractivity contribution in [2.45, 2.75) is 91.8 Å². The first-order valence-corrected chi connectivity index (χ1v) is 12.3. The highest BCUT2D eigenvalue weighted by molar-refractivity contribution is 5.38. The molecule has 3 aliphatic carbocycles. The molecular formula is C28H44O2. The van der Waals surface area contributed by atoms with Crippen LogP contribution >= 0.6 is 0 Å². The average Bonchev–Trinajstić information content (AvgIpc) is 3.04. The van der Waals surface area contributed by atoms with E-state index in [0.29, 0.717) is 41.9 Å². The minimum Gasteiger partial charge on any atom is -0.393 e. The van der Waals surface area contributed by atoms with E-state index in [2.05, 4.69) is 65.5 Å². The normalized spacial score (nSPS) is 39.8. The van der Waals surface area contributed by atoms with Crippen LogP contribution < -0.4 is 0 Å². The van der Waals surface area contributed by atoms with Crippen LogP contribution in [0.2, 0.25) is 0 Å². The molecule has 0 spiro atoms. The van der Waals surface area contributed by atoms with E-state index in [4.69, 9.17) is 0 Å².